The molecule has 0 bridgehead atoms. The minimum Gasteiger partial charge on any atom is -0.468 e. The van der Waals surface area contributed by atoms with E-state index in [-0.39, 0.29) is 6.61 Å². The van der Waals surface area contributed by atoms with Crippen LogP contribution in [0.15, 0.2) is 0 Å². The van der Waals surface area contributed by atoms with E-state index in [4.69, 9.17) is 9.57 Å². The van der Waals surface area contributed by atoms with Crippen molar-refractivity contribution in [3.63, 3.8) is 0 Å². The fourth-order valence-corrected chi connectivity index (χ4v) is 2.37. The molecule has 0 saturated carbocycles. The number of alkyl carbamates (subject to hydrolysis) is 1. The minimum atomic E-state index is -4.02. The maximum atomic E-state index is 11.6. The first kappa shape index (κ1) is 20.1. The number of hydrogen-bond acceptors (Lipinski definition) is 8. The third-order valence-electron chi connectivity index (χ3n) is 2.67. The lowest BCUT2D eigenvalue weighted by molar-refractivity contribution is -0.137. The van der Waals surface area contributed by atoms with Gasteiger partial charge in [0.1, 0.15) is 11.6 Å². The zero-order valence-electron chi connectivity index (χ0n) is 13.7. The molecule has 0 radical (unpaired) electrons. The first-order chi connectivity index (χ1) is 10.9. The predicted octanol–water partition coefficient (Wildman–Crippen LogP) is -1.60. The van der Waals surface area contributed by atoms with Gasteiger partial charge < -0.3 is 20.1 Å². The van der Waals surface area contributed by atoms with Gasteiger partial charge in [-0.15, -0.1) is 0 Å². The molecule has 3 N–H and O–H groups in total. The summed E-state index contributed by atoms with van der Waals surface area (Å²) in [6.07, 6.45) is -0.779. The second-order valence-corrected chi connectivity index (χ2v) is 7.65. The quantitative estimate of drug-likeness (QED) is 0.277. The summed E-state index contributed by atoms with van der Waals surface area (Å²) in [5, 5.41) is 4.80. The lowest BCUT2D eigenvalue weighted by Crippen LogP contribution is -2.71. The molecule has 1 saturated heterocycles. The van der Waals surface area contributed by atoms with E-state index in [9.17, 15) is 22.8 Å². The Morgan fingerprint density at radius 2 is 1.92 bits per heavy atom. The van der Waals surface area contributed by atoms with Crippen LogP contribution in [0.1, 0.15) is 20.8 Å². The molecule has 1 aliphatic rings. The van der Waals surface area contributed by atoms with Gasteiger partial charge in [0.05, 0.1) is 19.8 Å². The van der Waals surface area contributed by atoms with Gasteiger partial charge in [-0.2, -0.15) is 0 Å². The van der Waals surface area contributed by atoms with Gasteiger partial charge in [-0.1, -0.05) is 4.89 Å². The summed E-state index contributed by atoms with van der Waals surface area (Å²) in [4.78, 5) is 40.5. The molecule has 0 unspecified atom stereocenters. The molecule has 0 aliphatic carbocycles. The fourth-order valence-electron chi connectivity index (χ4n) is 1.64. The highest BCUT2D eigenvalue weighted by Gasteiger charge is 2.41. The third-order valence-corrected chi connectivity index (χ3v) is 3.66. The predicted molar refractivity (Wildman–Crippen MR) is 80.0 cm³/mol. The van der Waals surface area contributed by atoms with Gasteiger partial charge in [-0.25, -0.2) is 13.2 Å². The van der Waals surface area contributed by atoms with Gasteiger partial charge in [0, 0.05) is 0 Å². The molecular formula is C12H21N3O8S. The largest absolute Gasteiger partial charge is 0.468 e. The Labute approximate surface area is 139 Å². The van der Waals surface area contributed by atoms with Crippen LogP contribution in [-0.2, 0) is 33.9 Å². The van der Waals surface area contributed by atoms with E-state index < -0.39 is 51.4 Å². The third kappa shape index (κ3) is 6.68. The van der Waals surface area contributed by atoms with E-state index >= 15 is 0 Å². The molecule has 0 aromatic rings. The molecule has 12 heteroatoms. The SMILES string of the molecule is COC(=O)CS(=O)(=O)NOC[C@H]1NC(=O)[C@H]1NC(=O)OC(C)(C)C. The Hall–Kier alpha value is -1.92. The Kier molecular flexibility index (Phi) is 6.51. The number of esters is 1. The van der Waals surface area contributed by atoms with Gasteiger partial charge in [0.15, 0.2) is 5.75 Å². The molecule has 1 fully saturated rings. The summed E-state index contributed by atoms with van der Waals surface area (Å²) < 4.78 is 32.2. The van der Waals surface area contributed by atoms with E-state index in [1.807, 2.05) is 0 Å². The number of sulfonamides is 1. The molecule has 0 aromatic heterocycles. The Morgan fingerprint density at radius 3 is 2.42 bits per heavy atom. The van der Waals surface area contributed by atoms with Crippen LogP contribution in [0.2, 0.25) is 0 Å². The molecule has 1 rings (SSSR count). The van der Waals surface area contributed by atoms with Crippen LogP contribution in [0, 0.1) is 0 Å². The van der Waals surface area contributed by atoms with Crippen molar-refractivity contribution >= 4 is 28.0 Å². The molecule has 0 spiro atoms. The summed E-state index contributed by atoms with van der Waals surface area (Å²) >= 11 is 0. The standard InChI is InChI=1S/C12H21N3O8S/c1-12(2,3)23-11(18)14-9-7(13-10(9)17)5-22-15-24(19,20)6-8(16)21-4/h7,9,15H,5-6H2,1-4H3,(H,13,17)(H,14,18)/t7-,9+/m1/s1. The number of methoxy groups -OCH3 is 1. The highest BCUT2D eigenvalue weighted by molar-refractivity contribution is 7.90. The van der Waals surface area contributed by atoms with E-state index in [0.717, 1.165) is 7.11 Å². The summed E-state index contributed by atoms with van der Waals surface area (Å²) in [5.41, 5.74) is -0.722. The Morgan fingerprint density at radius 1 is 1.29 bits per heavy atom. The maximum absolute atomic E-state index is 11.6. The molecule has 1 heterocycles. The van der Waals surface area contributed by atoms with Crippen LogP contribution in [0.5, 0.6) is 0 Å². The summed E-state index contributed by atoms with van der Waals surface area (Å²) in [6, 6.07) is -1.56. The number of carbonyl (C=O) groups excluding carboxylic acids is 3. The van der Waals surface area contributed by atoms with Gasteiger partial charge in [-0.05, 0) is 20.8 Å². The van der Waals surface area contributed by atoms with Crippen LogP contribution in [0.25, 0.3) is 0 Å². The van der Waals surface area contributed by atoms with Crippen LogP contribution in [0.3, 0.4) is 0 Å². The second-order valence-electron chi connectivity index (χ2n) is 5.97. The topological polar surface area (TPSA) is 149 Å². The highest BCUT2D eigenvalue weighted by Crippen LogP contribution is 2.10. The molecular weight excluding hydrogens is 346 g/mol. The smallest absolute Gasteiger partial charge is 0.408 e. The second kappa shape index (κ2) is 7.77. The molecule has 2 amide bonds. The fraction of sp³-hybridized carbons (Fsp3) is 0.750. The van der Waals surface area contributed by atoms with E-state index in [1.54, 1.807) is 25.7 Å². The van der Waals surface area contributed by atoms with Crippen molar-refractivity contribution in [3.8, 4) is 0 Å². The molecule has 0 aromatic carbocycles. The van der Waals surface area contributed by atoms with E-state index in [1.165, 1.54) is 0 Å². The van der Waals surface area contributed by atoms with E-state index in [2.05, 4.69) is 15.4 Å². The zero-order valence-corrected chi connectivity index (χ0v) is 14.6. The van der Waals surface area contributed by atoms with Crippen molar-refractivity contribution in [2.45, 2.75) is 38.5 Å². The molecule has 2 atom stereocenters. The summed E-state index contributed by atoms with van der Waals surface area (Å²) in [7, 11) is -2.97. The first-order valence-electron chi connectivity index (χ1n) is 6.91. The first-order valence-corrected chi connectivity index (χ1v) is 8.57. The minimum absolute atomic E-state index is 0.257. The monoisotopic (exact) mass is 367 g/mol. The van der Waals surface area contributed by atoms with Gasteiger partial charge in [0.25, 0.3) is 0 Å². The summed E-state index contributed by atoms with van der Waals surface area (Å²) in [5.74, 6) is -2.31. The maximum Gasteiger partial charge on any atom is 0.408 e. The lowest BCUT2D eigenvalue weighted by atomic mass is 10.0. The number of carbonyl (C=O) groups is 3. The van der Waals surface area contributed by atoms with Crippen molar-refractivity contribution < 1.29 is 37.1 Å². The van der Waals surface area contributed by atoms with Crippen molar-refractivity contribution in [2.24, 2.45) is 0 Å². The molecule has 1 aliphatic heterocycles. The van der Waals surface area contributed by atoms with Crippen molar-refractivity contribution in [1.29, 1.82) is 0 Å². The van der Waals surface area contributed by atoms with Gasteiger partial charge in [0.2, 0.25) is 15.9 Å². The normalized spacial score (nSPS) is 20.6. The van der Waals surface area contributed by atoms with Crippen LogP contribution in [0.4, 0.5) is 4.79 Å². The van der Waals surface area contributed by atoms with Crippen molar-refractivity contribution in [1.82, 2.24) is 15.5 Å². The number of rotatable bonds is 7. The number of nitrogens with one attached hydrogen (secondary N) is 3. The van der Waals surface area contributed by atoms with Gasteiger partial charge >= 0.3 is 12.1 Å². The van der Waals surface area contributed by atoms with Crippen LogP contribution >= 0.6 is 0 Å². The number of amides is 2. The number of hydrogen-bond donors (Lipinski definition) is 3. The van der Waals surface area contributed by atoms with Crippen LogP contribution in [-0.4, -0.2) is 63.5 Å². The zero-order chi connectivity index (χ0) is 18.5. The van der Waals surface area contributed by atoms with Crippen molar-refractivity contribution in [2.75, 3.05) is 19.5 Å². The summed E-state index contributed by atoms with van der Waals surface area (Å²) in [6.45, 7) is 4.75. The molecule has 24 heavy (non-hydrogen) atoms. The molecule has 11 nitrogen and oxygen atoms in total. The van der Waals surface area contributed by atoms with E-state index in [0.29, 0.717) is 0 Å². The van der Waals surface area contributed by atoms with Crippen LogP contribution < -0.4 is 15.5 Å². The Balaban J connectivity index is 2.42. The average molecular weight is 367 g/mol. The lowest BCUT2D eigenvalue weighted by Gasteiger charge is -2.36. The Bertz CT molecular complexity index is 598. The number of β-lactam (4-membered cyclic amide) rings is 1. The van der Waals surface area contributed by atoms with Crippen molar-refractivity contribution in [3.05, 3.63) is 0 Å². The number of ether oxygens (including phenoxy) is 2. The van der Waals surface area contributed by atoms with Gasteiger partial charge in [-0.3, -0.25) is 14.4 Å². The highest BCUT2D eigenvalue weighted by atomic mass is 32.2. The molecule has 138 valence electrons. The average Bonchev–Trinajstić information content (AvgIpc) is 2.41.